The first-order valence-electron chi connectivity index (χ1n) is 18.9. The lowest BCUT2D eigenvalue weighted by Crippen LogP contribution is -2.54. The number of carbonyl (C=O) groups is 3. The SMILES string of the molecule is CN[C@@H](C)C(=O)N[C@H](C(=O)[C@H]1C(C(=O)Nc2cc3c(Nc4ccc(N5CCN(CC6CC6)CC5)c(F)c4)ncnc3cc2OC)=Cn2cccc21)C(C)(C)C. The van der Waals surface area contributed by atoms with E-state index in [2.05, 4.69) is 41.0 Å². The summed E-state index contributed by atoms with van der Waals surface area (Å²) in [4.78, 5) is 55.1. The minimum absolute atomic E-state index is 0.218. The molecule has 2 aromatic carbocycles. The van der Waals surface area contributed by atoms with Crippen molar-refractivity contribution < 1.29 is 23.5 Å². The Morgan fingerprint density at radius 1 is 1.04 bits per heavy atom. The van der Waals surface area contributed by atoms with Gasteiger partial charge in [-0.1, -0.05) is 20.8 Å². The minimum Gasteiger partial charge on any atom is -0.494 e. The van der Waals surface area contributed by atoms with Crippen molar-refractivity contribution in [3.63, 3.8) is 0 Å². The largest absolute Gasteiger partial charge is 0.494 e. The molecule has 4 heterocycles. The highest BCUT2D eigenvalue weighted by atomic mass is 19.1. The molecule has 3 aliphatic rings. The molecule has 1 aliphatic carbocycles. The zero-order chi connectivity index (χ0) is 39.0. The second-order valence-electron chi connectivity index (χ2n) is 15.8. The smallest absolute Gasteiger partial charge is 0.254 e. The normalized spacial score (nSPS) is 18.3. The molecule has 1 saturated carbocycles. The van der Waals surface area contributed by atoms with Crippen molar-refractivity contribution in [2.24, 2.45) is 11.3 Å². The number of methoxy groups -OCH3 is 1. The van der Waals surface area contributed by atoms with Gasteiger partial charge in [0.25, 0.3) is 5.91 Å². The fourth-order valence-electron chi connectivity index (χ4n) is 7.38. The number of amides is 2. The van der Waals surface area contributed by atoms with Gasteiger partial charge in [-0.15, -0.1) is 0 Å². The van der Waals surface area contributed by atoms with Crippen molar-refractivity contribution in [3.8, 4) is 5.75 Å². The molecule has 13 nitrogen and oxygen atoms in total. The van der Waals surface area contributed by atoms with Gasteiger partial charge >= 0.3 is 0 Å². The second-order valence-corrected chi connectivity index (χ2v) is 15.8. The highest BCUT2D eigenvalue weighted by Crippen LogP contribution is 2.39. The van der Waals surface area contributed by atoms with Crippen LogP contribution in [0.25, 0.3) is 17.1 Å². The molecule has 290 valence electrons. The molecule has 2 aliphatic heterocycles. The van der Waals surface area contributed by atoms with Crippen LogP contribution < -0.4 is 30.9 Å². The molecule has 55 heavy (non-hydrogen) atoms. The number of piperazine rings is 1. The number of likely N-dealkylation sites (N-methyl/N-ethyl adjacent to an activating group) is 1. The van der Waals surface area contributed by atoms with Crippen molar-refractivity contribution in [1.82, 2.24) is 30.1 Å². The fourth-order valence-corrected chi connectivity index (χ4v) is 7.38. The van der Waals surface area contributed by atoms with Gasteiger partial charge in [-0.2, -0.15) is 0 Å². The molecular formula is C41H50FN9O4. The van der Waals surface area contributed by atoms with Gasteiger partial charge < -0.3 is 35.5 Å². The molecule has 14 heteroatoms. The number of hydrogen-bond donors (Lipinski definition) is 4. The number of fused-ring (bicyclic) bond motifs is 2. The summed E-state index contributed by atoms with van der Waals surface area (Å²) in [5.74, 6) is -0.807. The standard InChI is InChI=1S/C41H50FN9O4/c1-24(43-5)39(53)48-37(41(2,3)4)36(52)35-28(22-51-13-7-8-33(35)51)40(54)47-31-19-27-30(20-34(31)55-6)44-23-45-38(27)46-26-11-12-32(29(42)18-26)50-16-14-49(15-17-50)21-25-9-10-25/h7-8,11-13,18-20,22-25,35,37,43H,9-10,14-17,21H2,1-6H3,(H,47,54)(H,48,53)(H,44,45,46)/t24-,35-,37+/m0/s1. The molecule has 2 fully saturated rings. The first kappa shape index (κ1) is 38.0. The van der Waals surface area contributed by atoms with E-state index in [0.29, 0.717) is 45.2 Å². The number of hydrogen-bond acceptors (Lipinski definition) is 10. The van der Waals surface area contributed by atoms with Crippen LogP contribution >= 0.6 is 0 Å². The molecule has 3 atom stereocenters. The Kier molecular flexibility index (Phi) is 10.6. The number of anilines is 4. The third-order valence-electron chi connectivity index (χ3n) is 10.8. The van der Waals surface area contributed by atoms with E-state index in [-0.39, 0.29) is 23.1 Å². The summed E-state index contributed by atoms with van der Waals surface area (Å²) >= 11 is 0. The number of rotatable bonds is 13. The van der Waals surface area contributed by atoms with Crippen LogP contribution in [0.4, 0.5) is 27.3 Å². The number of Topliss-reactive ketones (excluding diaryl/α,β-unsaturated/α-hetero) is 1. The van der Waals surface area contributed by atoms with E-state index >= 15 is 4.39 Å². The summed E-state index contributed by atoms with van der Waals surface area (Å²) in [5.41, 5.74) is 2.15. The van der Waals surface area contributed by atoms with Gasteiger partial charge in [0.05, 0.1) is 47.6 Å². The summed E-state index contributed by atoms with van der Waals surface area (Å²) in [7, 11) is 3.17. The number of ketones is 1. The van der Waals surface area contributed by atoms with E-state index < -0.39 is 29.3 Å². The van der Waals surface area contributed by atoms with E-state index in [1.54, 1.807) is 55.2 Å². The molecule has 0 bridgehead atoms. The summed E-state index contributed by atoms with van der Waals surface area (Å²) < 4.78 is 23.0. The number of halogens is 1. The maximum absolute atomic E-state index is 15.6. The number of benzene rings is 2. The van der Waals surface area contributed by atoms with Gasteiger partial charge in [-0.25, -0.2) is 14.4 Å². The van der Waals surface area contributed by atoms with E-state index in [0.717, 1.165) is 38.6 Å². The van der Waals surface area contributed by atoms with Crippen LogP contribution in [-0.2, 0) is 14.4 Å². The van der Waals surface area contributed by atoms with Crippen molar-refractivity contribution >= 4 is 57.6 Å². The van der Waals surface area contributed by atoms with Crippen LogP contribution in [0.2, 0.25) is 0 Å². The van der Waals surface area contributed by atoms with Crippen LogP contribution in [-0.4, -0.2) is 96.0 Å². The van der Waals surface area contributed by atoms with Crippen molar-refractivity contribution in [3.05, 3.63) is 72.1 Å². The van der Waals surface area contributed by atoms with Crippen LogP contribution in [0.5, 0.6) is 5.75 Å². The van der Waals surface area contributed by atoms with E-state index in [9.17, 15) is 14.4 Å². The average molecular weight is 752 g/mol. The molecule has 2 aromatic heterocycles. The molecular weight excluding hydrogens is 702 g/mol. The van der Waals surface area contributed by atoms with Gasteiger partial charge in [0.15, 0.2) is 5.78 Å². The van der Waals surface area contributed by atoms with E-state index in [1.807, 2.05) is 32.9 Å². The number of carbonyl (C=O) groups excluding carboxylic acids is 3. The molecule has 1 saturated heterocycles. The fraction of sp³-hybridized carbons (Fsp3) is 0.439. The quantitative estimate of drug-likeness (QED) is 0.145. The van der Waals surface area contributed by atoms with Crippen LogP contribution in [0.1, 0.15) is 52.1 Å². The van der Waals surface area contributed by atoms with Crippen LogP contribution in [0.15, 0.2) is 60.6 Å². The Balaban J connectivity index is 1.12. The highest BCUT2D eigenvalue weighted by molar-refractivity contribution is 6.15. The van der Waals surface area contributed by atoms with E-state index in [1.165, 1.54) is 32.3 Å². The third kappa shape index (κ3) is 8.06. The Bertz CT molecular complexity index is 2130. The van der Waals surface area contributed by atoms with Crippen molar-refractivity contribution in [1.29, 1.82) is 0 Å². The predicted octanol–water partition coefficient (Wildman–Crippen LogP) is 5.14. The molecule has 4 N–H and O–H groups in total. The molecule has 4 aromatic rings. The molecule has 7 rings (SSSR count). The summed E-state index contributed by atoms with van der Waals surface area (Å²) in [6.07, 6.45) is 7.47. The molecule has 0 spiro atoms. The van der Waals surface area contributed by atoms with Crippen LogP contribution in [0, 0.1) is 17.2 Å². The molecule has 2 amide bonds. The first-order chi connectivity index (χ1) is 26.3. The Morgan fingerprint density at radius 3 is 2.47 bits per heavy atom. The van der Waals surface area contributed by atoms with Gasteiger partial charge in [-0.3, -0.25) is 19.3 Å². The number of ether oxygens (including phenoxy) is 1. The summed E-state index contributed by atoms with van der Waals surface area (Å²) in [6, 6.07) is 10.7. The summed E-state index contributed by atoms with van der Waals surface area (Å²) in [5, 5.41) is 12.6. The first-order valence-corrected chi connectivity index (χ1v) is 18.9. The predicted molar refractivity (Wildman–Crippen MR) is 212 cm³/mol. The lowest BCUT2D eigenvalue weighted by atomic mass is 9.77. The average Bonchev–Trinajstić information content (AvgIpc) is 3.73. The lowest BCUT2D eigenvalue weighted by molar-refractivity contribution is -0.131. The minimum atomic E-state index is -0.944. The Hall–Kier alpha value is -5.34. The second kappa shape index (κ2) is 15.4. The number of nitrogens with zero attached hydrogens (tertiary/aromatic N) is 5. The maximum atomic E-state index is 15.6. The zero-order valence-electron chi connectivity index (χ0n) is 32.3. The van der Waals surface area contributed by atoms with Crippen LogP contribution in [0.3, 0.4) is 0 Å². The topological polar surface area (TPSA) is 146 Å². The monoisotopic (exact) mass is 751 g/mol. The number of aromatic nitrogens is 3. The third-order valence-corrected chi connectivity index (χ3v) is 10.8. The van der Waals surface area contributed by atoms with Gasteiger partial charge in [0, 0.05) is 68.0 Å². The van der Waals surface area contributed by atoms with Gasteiger partial charge in [-0.05, 0) is 74.5 Å². The molecule has 0 radical (unpaired) electrons. The molecule has 0 unspecified atom stereocenters. The highest BCUT2D eigenvalue weighted by Gasteiger charge is 2.43. The Morgan fingerprint density at radius 2 is 1.80 bits per heavy atom. The van der Waals surface area contributed by atoms with E-state index in [4.69, 9.17) is 4.74 Å². The van der Waals surface area contributed by atoms with Crippen molar-refractivity contribution in [2.45, 2.75) is 58.5 Å². The summed E-state index contributed by atoms with van der Waals surface area (Å²) in [6.45, 7) is 11.9. The van der Waals surface area contributed by atoms with Gasteiger partial charge in [0.1, 0.15) is 23.7 Å². The van der Waals surface area contributed by atoms with Crippen molar-refractivity contribution in [2.75, 3.05) is 62.4 Å². The number of nitrogens with one attached hydrogen (secondary N) is 4. The maximum Gasteiger partial charge on any atom is 0.254 e. The Labute approximate surface area is 320 Å². The lowest BCUT2D eigenvalue weighted by Gasteiger charge is -2.36. The zero-order valence-corrected chi connectivity index (χ0v) is 32.3. The van der Waals surface area contributed by atoms with Gasteiger partial charge in [0.2, 0.25) is 5.91 Å².